The fourth-order valence-corrected chi connectivity index (χ4v) is 1.27. The molecule has 0 aliphatic carbocycles. The molecular weight excluding hydrogens is 246 g/mol. The van der Waals surface area contributed by atoms with Crippen LogP contribution in [0.3, 0.4) is 0 Å². The maximum Gasteiger partial charge on any atom is 0.138 e. The average molecular weight is 261 g/mol. The number of benzene rings is 1. The van der Waals surface area contributed by atoms with Crippen LogP contribution >= 0.6 is 12.2 Å². The van der Waals surface area contributed by atoms with Crippen molar-refractivity contribution in [2.45, 2.75) is 0 Å². The van der Waals surface area contributed by atoms with Gasteiger partial charge >= 0.3 is 0 Å². The Morgan fingerprint density at radius 2 is 2.33 bits per heavy atom. The molecule has 0 heterocycles. The maximum absolute atomic E-state index is 5.68. The molecule has 0 saturated heterocycles. The number of nitrogens with zero attached hydrogens (tertiary/aromatic N) is 1. The number of thiocarbonyl (C=S) groups is 1. The van der Waals surface area contributed by atoms with Crippen LogP contribution in [0.25, 0.3) is 6.08 Å². The van der Waals surface area contributed by atoms with Crippen molar-refractivity contribution in [2.75, 3.05) is 12.8 Å². The fraction of sp³-hybridized carbons (Fsp3) is 0.0769. The quantitative estimate of drug-likeness (QED) is 0.206. The molecule has 1 aromatic carbocycles. The third-order valence-electron chi connectivity index (χ3n) is 2.01. The number of anilines is 1. The van der Waals surface area contributed by atoms with Crippen molar-refractivity contribution in [1.82, 2.24) is 5.43 Å². The van der Waals surface area contributed by atoms with E-state index in [4.69, 9.17) is 10.5 Å². The molecule has 0 aromatic heterocycles. The van der Waals surface area contributed by atoms with Gasteiger partial charge in [0.05, 0.1) is 18.8 Å². The molecular formula is C13H15N3OS. The minimum absolute atomic E-state index is 0.611. The molecule has 1 rings (SSSR count). The lowest BCUT2D eigenvalue weighted by Crippen LogP contribution is -2.00. The van der Waals surface area contributed by atoms with E-state index < -0.39 is 0 Å². The summed E-state index contributed by atoms with van der Waals surface area (Å²) in [6.07, 6.45) is 7.11. The number of methoxy groups -OCH3 is 1. The number of rotatable bonds is 6. The number of allylic oxidation sites excluding steroid dienone is 3. The highest BCUT2D eigenvalue weighted by Gasteiger charge is 1.89. The van der Waals surface area contributed by atoms with E-state index in [1.807, 2.05) is 36.4 Å². The molecule has 4 nitrogen and oxygen atoms in total. The van der Waals surface area contributed by atoms with E-state index in [0.29, 0.717) is 5.76 Å². The molecule has 0 saturated carbocycles. The summed E-state index contributed by atoms with van der Waals surface area (Å²) in [6, 6.07) is 7.60. The zero-order valence-electron chi connectivity index (χ0n) is 10.0. The fourth-order valence-electron chi connectivity index (χ4n) is 1.21. The molecule has 0 radical (unpaired) electrons. The topological polar surface area (TPSA) is 59.6 Å². The van der Waals surface area contributed by atoms with Gasteiger partial charge in [-0.3, -0.25) is 5.43 Å². The predicted octanol–water partition coefficient (Wildman–Crippen LogP) is 2.34. The summed E-state index contributed by atoms with van der Waals surface area (Å²) < 4.78 is 5.11. The lowest BCUT2D eigenvalue weighted by Gasteiger charge is -1.97. The van der Waals surface area contributed by atoms with Crippen molar-refractivity contribution >= 4 is 35.7 Å². The van der Waals surface area contributed by atoms with Gasteiger partial charge in [0.1, 0.15) is 5.76 Å². The van der Waals surface area contributed by atoms with Gasteiger partial charge in [0.2, 0.25) is 0 Å². The monoisotopic (exact) mass is 261 g/mol. The normalized spacial score (nSPS) is 11.9. The first kappa shape index (κ1) is 13.9. The highest BCUT2D eigenvalue weighted by atomic mass is 32.1. The van der Waals surface area contributed by atoms with Crippen molar-refractivity contribution in [3.05, 3.63) is 47.7 Å². The van der Waals surface area contributed by atoms with Crippen LogP contribution in [0.2, 0.25) is 0 Å². The van der Waals surface area contributed by atoms with Crippen LogP contribution in [0, 0.1) is 0 Å². The summed E-state index contributed by atoms with van der Waals surface area (Å²) in [5.41, 5.74) is 11.3. The molecule has 0 unspecified atom stereocenters. The van der Waals surface area contributed by atoms with E-state index in [1.54, 1.807) is 13.2 Å². The Bertz CT molecular complexity index is 481. The Hall–Kier alpha value is -2.14. The SMILES string of the molecule is COC(=C\C=C\c1cccc(N)c1)/C=N/NC=S. The summed E-state index contributed by atoms with van der Waals surface area (Å²) in [7, 11) is 1.57. The van der Waals surface area contributed by atoms with Crippen LogP contribution in [0.5, 0.6) is 0 Å². The highest BCUT2D eigenvalue weighted by Crippen LogP contribution is 2.08. The lowest BCUT2D eigenvalue weighted by atomic mass is 10.2. The van der Waals surface area contributed by atoms with Crippen LogP contribution in [0.15, 0.2) is 47.3 Å². The van der Waals surface area contributed by atoms with Gasteiger partial charge in [-0.05, 0) is 23.8 Å². The zero-order chi connectivity index (χ0) is 13.2. The minimum Gasteiger partial charge on any atom is -0.495 e. The zero-order valence-corrected chi connectivity index (χ0v) is 10.9. The van der Waals surface area contributed by atoms with Crippen LogP contribution < -0.4 is 11.2 Å². The van der Waals surface area contributed by atoms with Crippen molar-refractivity contribution in [3.8, 4) is 0 Å². The van der Waals surface area contributed by atoms with Crippen LogP contribution in [0.1, 0.15) is 5.56 Å². The molecule has 0 amide bonds. The summed E-state index contributed by atoms with van der Waals surface area (Å²) in [5, 5.41) is 3.82. The van der Waals surface area contributed by atoms with Crippen molar-refractivity contribution in [1.29, 1.82) is 0 Å². The average Bonchev–Trinajstić information content (AvgIpc) is 2.37. The van der Waals surface area contributed by atoms with Gasteiger partial charge in [-0.1, -0.05) is 36.5 Å². The predicted molar refractivity (Wildman–Crippen MR) is 80.3 cm³/mol. The second-order valence-corrected chi connectivity index (χ2v) is 3.54. The summed E-state index contributed by atoms with van der Waals surface area (Å²) in [4.78, 5) is 0. The van der Waals surface area contributed by atoms with Crippen LogP contribution in [-0.2, 0) is 4.74 Å². The first-order valence-corrected chi connectivity index (χ1v) is 5.73. The third-order valence-corrected chi connectivity index (χ3v) is 2.12. The van der Waals surface area contributed by atoms with Gasteiger partial charge < -0.3 is 10.5 Å². The molecule has 1 aromatic rings. The van der Waals surface area contributed by atoms with Gasteiger partial charge in [-0.25, -0.2) is 0 Å². The Morgan fingerprint density at radius 1 is 1.50 bits per heavy atom. The Balaban J connectivity index is 2.67. The number of ether oxygens (including phenoxy) is 1. The molecule has 0 spiro atoms. The molecule has 5 heteroatoms. The Kier molecular flexibility index (Phi) is 6.21. The number of nitrogens with two attached hydrogens (primary N) is 1. The first-order chi connectivity index (χ1) is 8.76. The van der Waals surface area contributed by atoms with Gasteiger partial charge in [0, 0.05) is 5.69 Å². The second kappa shape index (κ2) is 8.03. The number of hydrogen-bond donors (Lipinski definition) is 2. The smallest absolute Gasteiger partial charge is 0.138 e. The van der Waals surface area contributed by atoms with E-state index in [-0.39, 0.29) is 0 Å². The largest absolute Gasteiger partial charge is 0.495 e. The van der Waals surface area contributed by atoms with E-state index in [2.05, 4.69) is 22.7 Å². The van der Waals surface area contributed by atoms with Crippen molar-refractivity contribution < 1.29 is 4.74 Å². The van der Waals surface area contributed by atoms with Crippen molar-refractivity contribution in [2.24, 2.45) is 5.10 Å². The third kappa shape index (κ3) is 5.27. The summed E-state index contributed by atoms with van der Waals surface area (Å²) in [5.74, 6) is 0.611. The van der Waals surface area contributed by atoms with E-state index in [1.165, 1.54) is 11.7 Å². The molecule has 0 aliphatic rings. The highest BCUT2D eigenvalue weighted by molar-refractivity contribution is 7.78. The number of nitrogens with one attached hydrogen (secondary N) is 1. The summed E-state index contributed by atoms with van der Waals surface area (Å²) >= 11 is 4.57. The standard InChI is InChI=1S/C13H15N3OS/c1-17-13(9-15-16-10-18)7-3-5-11-4-2-6-12(14)8-11/h2-10H,14H2,1H3,(H,16,18)/b5-3+,13-7-,15-9+. The molecule has 0 atom stereocenters. The molecule has 94 valence electrons. The Morgan fingerprint density at radius 3 is 3.00 bits per heavy atom. The second-order valence-electron chi connectivity index (χ2n) is 3.31. The lowest BCUT2D eigenvalue weighted by molar-refractivity contribution is 0.317. The van der Waals surface area contributed by atoms with Gasteiger partial charge in [0.25, 0.3) is 0 Å². The van der Waals surface area contributed by atoms with E-state index in [0.717, 1.165) is 11.3 Å². The first-order valence-electron chi connectivity index (χ1n) is 5.26. The molecule has 3 N–H and O–H groups in total. The van der Waals surface area contributed by atoms with Crippen molar-refractivity contribution in [3.63, 3.8) is 0 Å². The molecule has 0 bridgehead atoms. The van der Waals surface area contributed by atoms with Gasteiger partial charge in [0.15, 0.2) is 0 Å². The molecule has 0 aliphatic heterocycles. The number of hydrazone groups is 1. The minimum atomic E-state index is 0.611. The van der Waals surface area contributed by atoms with E-state index >= 15 is 0 Å². The Labute approximate surface area is 112 Å². The van der Waals surface area contributed by atoms with Crippen LogP contribution in [-0.4, -0.2) is 18.8 Å². The number of nitrogen functional groups attached to an aromatic ring is 1. The van der Waals surface area contributed by atoms with Gasteiger partial charge in [-0.15, -0.1) is 0 Å². The molecule has 18 heavy (non-hydrogen) atoms. The number of hydrogen-bond acceptors (Lipinski definition) is 4. The van der Waals surface area contributed by atoms with E-state index in [9.17, 15) is 0 Å². The summed E-state index contributed by atoms with van der Waals surface area (Å²) in [6.45, 7) is 0. The molecule has 0 fully saturated rings. The van der Waals surface area contributed by atoms with Crippen LogP contribution in [0.4, 0.5) is 5.69 Å². The maximum atomic E-state index is 5.68. The van der Waals surface area contributed by atoms with Gasteiger partial charge in [-0.2, -0.15) is 5.10 Å².